The van der Waals surface area contributed by atoms with E-state index in [9.17, 15) is 0 Å². The molecule has 0 fully saturated rings. The predicted octanol–water partition coefficient (Wildman–Crippen LogP) is 2.33. The van der Waals surface area contributed by atoms with Gasteiger partial charge in [0.1, 0.15) is 0 Å². The zero-order valence-corrected chi connectivity index (χ0v) is 15.9. The van der Waals surface area contributed by atoms with E-state index in [4.69, 9.17) is 5.10 Å². The Bertz CT molecular complexity index is 867. The molecule has 3 aromatic rings. The molecule has 2 aromatic heterocycles. The topological polar surface area (TPSA) is 76.7 Å². The van der Waals surface area contributed by atoms with Gasteiger partial charge < -0.3 is 5.32 Å². The zero-order valence-electron chi connectivity index (χ0n) is 15.9. The maximum Gasteiger partial charge on any atom is 0.248 e. The third kappa shape index (κ3) is 4.16. The van der Waals surface area contributed by atoms with Crippen molar-refractivity contribution >= 4 is 5.95 Å². The first kappa shape index (κ1) is 17.7. The molecular formula is C19H26N8. The van der Waals surface area contributed by atoms with Crippen molar-refractivity contribution in [2.75, 3.05) is 18.4 Å². The van der Waals surface area contributed by atoms with Crippen LogP contribution in [0.4, 0.5) is 5.95 Å². The standard InChI is InChI=1S/C19H26N8/c1-15(2)13-25-9-6-10-26-18(14-25)11-16(22-26)12-20-19-21-23-24-27(19)17-7-4-3-5-8-17/h3-5,7-8,11,15H,6,9-10,12-14H2,1-2H3,(H,20,21,24). The van der Waals surface area contributed by atoms with Crippen LogP contribution < -0.4 is 5.32 Å². The van der Waals surface area contributed by atoms with Crippen LogP contribution in [0.5, 0.6) is 0 Å². The van der Waals surface area contributed by atoms with Gasteiger partial charge in [-0.3, -0.25) is 9.58 Å². The first-order valence-electron chi connectivity index (χ1n) is 9.54. The fraction of sp³-hybridized carbons (Fsp3) is 0.474. The SMILES string of the molecule is CC(C)CN1CCCn2nc(CNc3nnnn3-c3ccccc3)cc2C1. The Kier molecular flexibility index (Phi) is 5.15. The van der Waals surface area contributed by atoms with E-state index in [1.807, 2.05) is 30.3 Å². The molecule has 0 radical (unpaired) electrons. The van der Waals surface area contributed by atoms with Crippen LogP contribution in [0.2, 0.25) is 0 Å². The minimum absolute atomic E-state index is 0.595. The lowest BCUT2D eigenvalue weighted by molar-refractivity contribution is 0.239. The maximum absolute atomic E-state index is 4.78. The summed E-state index contributed by atoms with van der Waals surface area (Å²) in [7, 11) is 0. The molecule has 27 heavy (non-hydrogen) atoms. The lowest BCUT2D eigenvalue weighted by Gasteiger charge is -2.21. The molecule has 0 unspecified atom stereocenters. The van der Waals surface area contributed by atoms with Gasteiger partial charge in [0.2, 0.25) is 5.95 Å². The average Bonchev–Trinajstić information content (AvgIpc) is 3.23. The number of para-hydroxylation sites is 1. The molecule has 0 amide bonds. The summed E-state index contributed by atoms with van der Waals surface area (Å²) in [5.74, 6) is 1.29. The first-order chi connectivity index (χ1) is 13.2. The second-order valence-electron chi connectivity index (χ2n) is 7.44. The minimum atomic E-state index is 0.595. The van der Waals surface area contributed by atoms with Crippen molar-refractivity contribution in [3.63, 3.8) is 0 Å². The Balaban J connectivity index is 1.44. The van der Waals surface area contributed by atoms with Crippen LogP contribution in [0.15, 0.2) is 36.4 Å². The number of aromatic nitrogens is 6. The van der Waals surface area contributed by atoms with E-state index in [1.54, 1.807) is 4.68 Å². The number of anilines is 1. The van der Waals surface area contributed by atoms with E-state index >= 15 is 0 Å². The molecule has 0 saturated heterocycles. The van der Waals surface area contributed by atoms with Gasteiger partial charge in [-0.2, -0.15) is 9.78 Å². The lowest BCUT2D eigenvalue weighted by atomic mass is 10.2. The van der Waals surface area contributed by atoms with Crippen LogP contribution in [-0.2, 0) is 19.6 Å². The van der Waals surface area contributed by atoms with Gasteiger partial charge in [-0.1, -0.05) is 37.1 Å². The largest absolute Gasteiger partial charge is 0.347 e. The van der Waals surface area contributed by atoms with E-state index in [0.29, 0.717) is 18.4 Å². The monoisotopic (exact) mass is 366 g/mol. The van der Waals surface area contributed by atoms with Crippen molar-refractivity contribution in [2.24, 2.45) is 5.92 Å². The molecule has 3 heterocycles. The maximum atomic E-state index is 4.78. The number of hydrogen-bond acceptors (Lipinski definition) is 6. The molecule has 1 N–H and O–H groups in total. The van der Waals surface area contributed by atoms with Gasteiger partial charge in [0.25, 0.3) is 0 Å². The molecule has 8 heteroatoms. The molecule has 0 spiro atoms. The highest BCUT2D eigenvalue weighted by Crippen LogP contribution is 2.16. The van der Waals surface area contributed by atoms with Crippen molar-refractivity contribution in [3.05, 3.63) is 47.8 Å². The molecule has 142 valence electrons. The summed E-state index contributed by atoms with van der Waals surface area (Å²) in [6, 6.07) is 12.1. The lowest BCUT2D eigenvalue weighted by Crippen LogP contribution is -2.27. The summed E-state index contributed by atoms with van der Waals surface area (Å²) in [6.07, 6.45) is 1.14. The zero-order chi connectivity index (χ0) is 18.6. The molecule has 0 aliphatic carbocycles. The van der Waals surface area contributed by atoms with Crippen LogP contribution in [0, 0.1) is 5.92 Å². The molecule has 4 rings (SSSR count). The van der Waals surface area contributed by atoms with E-state index in [2.05, 4.69) is 50.3 Å². The van der Waals surface area contributed by atoms with Gasteiger partial charge >= 0.3 is 0 Å². The van der Waals surface area contributed by atoms with Crippen molar-refractivity contribution in [2.45, 2.75) is 39.9 Å². The van der Waals surface area contributed by atoms with Crippen molar-refractivity contribution in [1.82, 2.24) is 34.9 Å². The fourth-order valence-electron chi connectivity index (χ4n) is 3.56. The van der Waals surface area contributed by atoms with E-state index in [1.165, 1.54) is 5.69 Å². The van der Waals surface area contributed by atoms with Crippen LogP contribution in [0.1, 0.15) is 31.7 Å². The Morgan fingerprint density at radius 3 is 2.81 bits per heavy atom. The van der Waals surface area contributed by atoms with Crippen molar-refractivity contribution in [1.29, 1.82) is 0 Å². The molecule has 1 aliphatic rings. The highest BCUT2D eigenvalue weighted by Gasteiger charge is 2.17. The number of nitrogens with one attached hydrogen (secondary N) is 1. The Morgan fingerprint density at radius 2 is 2.00 bits per heavy atom. The molecule has 8 nitrogen and oxygen atoms in total. The number of nitrogens with zero attached hydrogens (tertiary/aromatic N) is 7. The van der Waals surface area contributed by atoms with E-state index in [-0.39, 0.29) is 0 Å². The molecule has 1 aromatic carbocycles. The van der Waals surface area contributed by atoms with Gasteiger partial charge in [-0.05, 0) is 41.0 Å². The smallest absolute Gasteiger partial charge is 0.248 e. The first-order valence-corrected chi connectivity index (χ1v) is 9.54. The molecule has 0 atom stereocenters. The van der Waals surface area contributed by atoms with Crippen molar-refractivity contribution in [3.8, 4) is 5.69 Å². The summed E-state index contributed by atoms with van der Waals surface area (Å²) >= 11 is 0. The Morgan fingerprint density at radius 1 is 1.15 bits per heavy atom. The van der Waals surface area contributed by atoms with Gasteiger partial charge in [0, 0.05) is 26.2 Å². The van der Waals surface area contributed by atoms with Crippen LogP contribution >= 0.6 is 0 Å². The summed E-state index contributed by atoms with van der Waals surface area (Å²) in [4.78, 5) is 2.53. The van der Waals surface area contributed by atoms with E-state index < -0.39 is 0 Å². The van der Waals surface area contributed by atoms with Crippen molar-refractivity contribution < 1.29 is 0 Å². The van der Waals surface area contributed by atoms with E-state index in [0.717, 1.165) is 44.0 Å². The third-order valence-electron chi connectivity index (χ3n) is 4.67. The normalized spacial score (nSPS) is 14.9. The summed E-state index contributed by atoms with van der Waals surface area (Å²) in [5.41, 5.74) is 3.22. The van der Waals surface area contributed by atoms with Gasteiger partial charge in [-0.25, -0.2) is 0 Å². The molecule has 0 bridgehead atoms. The number of aryl methyl sites for hydroxylation is 1. The van der Waals surface area contributed by atoms with Crippen LogP contribution in [0.25, 0.3) is 5.69 Å². The predicted molar refractivity (Wildman–Crippen MR) is 103 cm³/mol. The third-order valence-corrected chi connectivity index (χ3v) is 4.67. The number of tetrazole rings is 1. The van der Waals surface area contributed by atoms with Crippen LogP contribution in [0.3, 0.4) is 0 Å². The molecule has 0 saturated carbocycles. The quantitative estimate of drug-likeness (QED) is 0.722. The van der Waals surface area contributed by atoms with Crippen LogP contribution in [-0.4, -0.2) is 48.0 Å². The average molecular weight is 366 g/mol. The Labute approximate surface area is 159 Å². The number of benzene rings is 1. The fourth-order valence-corrected chi connectivity index (χ4v) is 3.56. The van der Waals surface area contributed by atoms with Gasteiger partial charge in [-0.15, -0.1) is 0 Å². The second kappa shape index (κ2) is 7.87. The number of fused-ring (bicyclic) bond motifs is 1. The highest BCUT2D eigenvalue weighted by atomic mass is 15.6. The highest BCUT2D eigenvalue weighted by molar-refractivity contribution is 5.38. The summed E-state index contributed by atoms with van der Waals surface area (Å²) in [6.45, 7) is 9.35. The number of hydrogen-bond donors (Lipinski definition) is 1. The van der Waals surface area contributed by atoms with Gasteiger partial charge in [0.05, 0.1) is 23.6 Å². The summed E-state index contributed by atoms with van der Waals surface area (Å²) in [5, 5.41) is 20.1. The number of rotatable bonds is 6. The minimum Gasteiger partial charge on any atom is -0.347 e. The second-order valence-corrected chi connectivity index (χ2v) is 7.44. The Hall–Kier alpha value is -2.74. The summed E-state index contributed by atoms with van der Waals surface area (Å²) < 4.78 is 3.85. The van der Waals surface area contributed by atoms with Gasteiger partial charge in [0.15, 0.2) is 0 Å². The molecular weight excluding hydrogens is 340 g/mol. The molecule has 1 aliphatic heterocycles.